The van der Waals surface area contributed by atoms with Gasteiger partial charge in [0, 0.05) is 16.9 Å². The number of aromatic nitrogens is 1. The predicted molar refractivity (Wildman–Crippen MR) is 99.7 cm³/mol. The molecule has 1 aliphatic heterocycles. The number of hydrogen-bond acceptors (Lipinski definition) is 4. The van der Waals surface area contributed by atoms with Crippen molar-refractivity contribution >= 4 is 23.9 Å². The maximum atomic E-state index is 12.8. The lowest BCUT2D eigenvalue weighted by Gasteiger charge is -2.26. The molecule has 3 rings (SSSR count). The minimum Gasteiger partial charge on any atom is -0.467 e. The molecule has 0 aliphatic carbocycles. The molecule has 0 aromatic carbocycles. The number of nitrogens with zero attached hydrogens (tertiary/aromatic N) is 2. The molecule has 1 aliphatic rings. The molecule has 0 spiro atoms. The Balaban J connectivity index is 1.99. The van der Waals surface area contributed by atoms with Crippen molar-refractivity contribution in [2.24, 2.45) is 0 Å². The quantitative estimate of drug-likeness (QED) is 0.665. The Morgan fingerprint density at radius 2 is 1.89 bits per heavy atom. The molecule has 3 heterocycles. The summed E-state index contributed by atoms with van der Waals surface area (Å²) in [6.07, 6.45) is 3.01. The lowest BCUT2D eigenvalue weighted by atomic mass is 10.1. The Hall–Kier alpha value is -3.09. The van der Waals surface area contributed by atoms with E-state index < -0.39 is 17.8 Å². The second-order valence-electron chi connectivity index (χ2n) is 7.62. The Morgan fingerprint density at radius 3 is 2.44 bits per heavy atom. The molecule has 7 heteroatoms. The Morgan fingerprint density at radius 1 is 1.19 bits per heavy atom. The normalized spacial score (nSPS) is 17.0. The molecule has 0 unspecified atom stereocenters. The van der Waals surface area contributed by atoms with Crippen LogP contribution in [0.5, 0.6) is 0 Å². The van der Waals surface area contributed by atoms with Crippen LogP contribution >= 0.6 is 0 Å². The number of amides is 4. The summed E-state index contributed by atoms with van der Waals surface area (Å²) >= 11 is 0. The standard InChI is InChI=1S/C20H23N3O4/c1-12-9-14(13(2)23(12)20(3,4)5)10-16-17(24)21-19(26)22(18(16)25)11-15-7-6-8-27-15/h6-10H,11H2,1-5H3,(H,21,24,26). The van der Waals surface area contributed by atoms with E-state index in [1.165, 1.54) is 6.26 Å². The fourth-order valence-corrected chi connectivity index (χ4v) is 3.52. The number of imide groups is 2. The van der Waals surface area contributed by atoms with E-state index in [1.54, 1.807) is 18.2 Å². The number of carbonyl (C=O) groups is 3. The van der Waals surface area contributed by atoms with Gasteiger partial charge in [-0.3, -0.25) is 19.8 Å². The highest BCUT2D eigenvalue weighted by Crippen LogP contribution is 2.27. The van der Waals surface area contributed by atoms with Crippen LogP contribution in [0.4, 0.5) is 4.79 Å². The van der Waals surface area contributed by atoms with Gasteiger partial charge in [0.1, 0.15) is 11.3 Å². The van der Waals surface area contributed by atoms with Crippen molar-refractivity contribution in [3.05, 3.63) is 52.7 Å². The molecule has 0 atom stereocenters. The average Bonchev–Trinajstić information content (AvgIpc) is 3.15. The number of nitrogens with one attached hydrogen (secondary N) is 1. The summed E-state index contributed by atoms with van der Waals surface area (Å²) in [5.41, 5.74) is 2.54. The van der Waals surface area contributed by atoms with Crippen molar-refractivity contribution < 1.29 is 18.8 Å². The van der Waals surface area contributed by atoms with Crippen LogP contribution in [0.25, 0.3) is 6.08 Å². The molecule has 2 aromatic rings. The lowest BCUT2D eigenvalue weighted by molar-refractivity contribution is -0.130. The fraction of sp³-hybridized carbons (Fsp3) is 0.350. The first-order chi connectivity index (χ1) is 12.6. The van der Waals surface area contributed by atoms with E-state index in [-0.39, 0.29) is 17.7 Å². The number of hydrogen-bond donors (Lipinski definition) is 1. The average molecular weight is 369 g/mol. The van der Waals surface area contributed by atoms with Gasteiger partial charge in [0.25, 0.3) is 11.8 Å². The zero-order valence-electron chi connectivity index (χ0n) is 16.1. The van der Waals surface area contributed by atoms with Crippen LogP contribution in [0.2, 0.25) is 0 Å². The molecule has 2 aromatic heterocycles. The number of furan rings is 1. The van der Waals surface area contributed by atoms with Crippen LogP contribution in [-0.2, 0) is 21.7 Å². The molecular weight excluding hydrogens is 346 g/mol. The van der Waals surface area contributed by atoms with Gasteiger partial charge in [-0.25, -0.2) is 4.79 Å². The van der Waals surface area contributed by atoms with Gasteiger partial charge in [0.2, 0.25) is 0 Å². The minimum absolute atomic E-state index is 0.0384. The number of barbiturate groups is 1. The number of carbonyl (C=O) groups excluding carboxylic acids is 3. The number of aryl methyl sites for hydroxylation is 1. The van der Waals surface area contributed by atoms with Crippen molar-refractivity contribution in [3.63, 3.8) is 0 Å². The van der Waals surface area contributed by atoms with E-state index in [0.29, 0.717) is 5.76 Å². The number of rotatable bonds is 3. The van der Waals surface area contributed by atoms with Crippen molar-refractivity contribution in [3.8, 4) is 0 Å². The van der Waals surface area contributed by atoms with Crippen LogP contribution in [-0.4, -0.2) is 27.3 Å². The van der Waals surface area contributed by atoms with Gasteiger partial charge in [0.15, 0.2) is 0 Å². The summed E-state index contributed by atoms with van der Waals surface area (Å²) in [4.78, 5) is 38.2. The van der Waals surface area contributed by atoms with Gasteiger partial charge in [-0.1, -0.05) is 0 Å². The molecule has 142 valence electrons. The van der Waals surface area contributed by atoms with E-state index in [0.717, 1.165) is 21.9 Å². The topological polar surface area (TPSA) is 84.6 Å². The van der Waals surface area contributed by atoms with Crippen LogP contribution in [0.3, 0.4) is 0 Å². The second kappa shape index (κ2) is 6.57. The third kappa shape index (κ3) is 3.45. The molecule has 0 saturated carbocycles. The SMILES string of the molecule is Cc1cc(C=C2C(=O)NC(=O)N(Cc3ccco3)C2=O)c(C)n1C(C)(C)C. The van der Waals surface area contributed by atoms with E-state index in [4.69, 9.17) is 4.42 Å². The monoisotopic (exact) mass is 369 g/mol. The highest BCUT2D eigenvalue weighted by molar-refractivity contribution is 6.31. The van der Waals surface area contributed by atoms with Crippen LogP contribution in [0.1, 0.15) is 43.5 Å². The summed E-state index contributed by atoms with van der Waals surface area (Å²) in [5.74, 6) is -0.875. The Kier molecular flexibility index (Phi) is 4.55. The van der Waals surface area contributed by atoms with E-state index >= 15 is 0 Å². The van der Waals surface area contributed by atoms with Crippen molar-refractivity contribution in [1.82, 2.24) is 14.8 Å². The van der Waals surface area contributed by atoms with Gasteiger partial charge >= 0.3 is 6.03 Å². The summed E-state index contributed by atoms with van der Waals surface area (Å²) in [5, 5.41) is 2.22. The zero-order valence-corrected chi connectivity index (χ0v) is 16.1. The van der Waals surface area contributed by atoms with Gasteiger partial charge in [-0.15, -0.1) is 0 Å². The molecule has 7 nitrogen and oxygen atoms in total. The first-order valence-corrected chi connectivity index (χ1v) is 8.70. The molecule has 27 heavy (non-hydrogen) atoms. The lowest BCUT2D eigenvalue weighted by Crippen LogP contribution is -2.53. The van der Waals surface area contributed by atoms with Crippen LogP contribution in [0, 0.1) is 13.8 Å². The van der Waals surface area contributed by atoms with E-state index in [1.807, 2.05) is 19.9 Å². The van der Waals surface area contributed by atoms with Crippen LogP contribution in [0.15, 0.2) is 34.5 Å². The predicted octanol–water partition coefficient (Wildman–Crippen LogP) is 3.11. The first kappa shape index (κ1) is 18.7. The van der Waals surface area contributed by atoms with Crippen molar-refractivity contribution in [1.29, 1.82) is 0 Å². The van der Waals surface area contributed by atoms with E-state index in [2.05, 4.69) is 30.7 Å². The molecule has 0 radical (unpaired) electrons. The zero-order chi connectivity index (χ0) is 19.9. The summed E-state index contributed by atoms with van der Waals surface area (Å²) in [6.45, 7) is 10.2. The number of urea groups is 1. The Labute approximate surface area is 157 Å². The molecule has 1 fully saturated rings. The van der Waals surface area contributed by atoms with Gasteiger partial charge < -0.3 is 8.98 Å². The third-order valence-corrected chi connectivity index (χ3v) is 4.52. The largest absolute Gasteiger partial charge is 0.467 e. The van der Waals surface area contributed by atoms with E-state index in [9.17, 15) is 14.4 Å². The van der Waals surface area contributed by atoms with Gasteiger partial charge in [-0.05, 0) is 64.5 Å². The van der Waals surface area contributed by atoms with Gasteiger partial charge in [0.05, 0.1) is 12.8 Å². The maximum Gasteiger partial charge on any atom is 0.331 e. The maximum absolute atomic E-state index is 12.8. The highest BCUT2D eigenvalue weighted by atomic mass is 16.3. The summed E-state index contributed by atoms with van der Waals surface area (Å²) in [6, 6.07) is 4.52. The Bertz CT molecular complexity index is 943. The molecule has 4 amide bonds. The fourth-order valence-electron chi connectivity index (χ4n) is 3.52. The minimum atomic E-state index is -0.751. The molecule has 1 N–H and O–H groups in total. The first-order valence-electron chi connectivity index (χ1n) is 8.70. The summed E-state index contributed by atoms with van der Waals surface area (Å²) in [7, 11) is 0. The second-order valence-corrected chi connectivity index (χ2v) is 7.62. The molecular formula is C20H23N3O4. The highest BCUT2D eigenvalue weighted by Gasteiger charge is 2.36. The third-order valence-electron chi connectivity index (χ3n) is 4.52. The summed E-state index contributed by atoms with van der Waals surface area (Å²) < 4.78 is 7.36. The smallest absolute Gasteiger partial charge is 0.331 e. The van der Waals surface area contributed by atoms with Crippen molar-refractivity contribution in [2.75, 3.05) is 0 Å². The molecule has 0 bridgehead atoms. The van der Waals surface area contributed by atoms with Crippen LogP contribution < -0.4 is 5.32 Å². The van der Waals surface area contributed by atoms with Gasteiger partial charge in [-0.2, -0.15) is 0 Å². The van der Waals surface area contributed by atoms with Crippen molar-refractivity contribution in [2.45, 2.75) is 46.7 Å². The molecule has 1 saturated heterocycles.